The molecule has 0 aliphatic carbocycles. The lowest BCUT2D eigenvalue weighted by atomic mass is 10.1. The Labute approximate surface area is 119 Å². The molecule has 6 heteroatoms. The summed E-state index contributed by atoms with van der Waals surface area (Å²) >= 11 is 0. The molecule has 2 N–H and O–H groups in total. The van der Waals surface area contributed by atoms with Gasteiger partial charge in [0.25, 0.3) is 5.91 Å². The van der Waals surface area contributed by atoms with E-state index in [0.717, 1.165) is 6.07 Å². The molecule has 1 atom stereocenters. The molecule has 0 aromatic heterocycles. The second kappa shape index (κ2) is 6.41. The largest absolute Gasteiger partial charge is 0.394 e. The molecule has 0 aliphatic rings. The van der Waals surface area contributed by atoms with E-state index in [1.165, 1.54) is 0 Å². The second-order valence-corrected chi connectivity index (χ2v) is 4.34. The van der Waals surface area contributed by atoms with Crippen molar-refractivity contribution in [2.75, 3.05) is 6.61 Å². The Hall–Kier alpha value is -2.34. The van der Waals surface area contributed by atoms with Crippen molar-refractivity contribution in [2.24, 2.45) is 0 Å². The van der Waals surface area contributed by atoms with Gasteiger partial charge in [0.15, 0.2) is 17.5 Å². The Morgan fingerprint density at radius 3 is 2.33 bits per heavy atom. The van der Waals surface area contributed by atoms with Crippen LogP contribution >= 0.6 is 0 Å². The first-order valence-electron chi connectivity index (χ1n) is 6.14. The van der Waals surface area contributed by atoms with Crippen LogP contribution in [0.3, 0.4) is 0 Å². The van der Waals surface area contributed by atoms with Crippen molar-refractivity contribution in [3.63, 3.8) is 0 Å². The number of halogens is 3. The highest BCUT2D eigenvalue weighted by Crippen LogP contribution is 2.17. The number of amides is 1. The fourth-order valence-corrected chi connectivity index (χ4v) is 1.86. The van der Waals surface area contributed by atoms with Crippen molar-refractivity contribution >= 4 is 5.91 Å². The normalized spacial score (nSPS) is 12.0. The monoisotopic (exact) mass is 295 g/mol. The molecule has 21 heavy (non-hydrogen) atoms. The number of aliphatic hydroxyl groups is 1. The summed E-state index contributed by atoms with van der Waals surface area (Å²) in [6.45, 7) is -0.416. The first kappa shape index (κ1) is 15.1. The van der Waals surface area contributed by atoms with Gasteiger partial charge in [-0.1, -0.05) is 30.3 Å². The van der Waals surface area contributed by atoms with Crippen LogP contribution in [0.2, 0.25) is 0 Å². The Kier molecular flexibility index (Phi) is 4.59. The summed E-state index contributed by atoms with van der Waals surface area (Å²) in [4.78, 5) is 11.9. The van der Waals surface area contributed by atoms with E-state index in [1.807, 2.05) is 0 Å². The number of hydrogen-bond acceptors (Lipinski definition) is 2. The molecule has 1 amide bonds. The van der Waals surface area contributed by atoms with Crippen molar-refractivity contribution in [3.05, 3.63) is 71.0 Å². The molecule has 0 aliphatic heterocycles. The number of nitrogens with one attached hydrogen (secondary N) is 1. The smallest absolute Gasteiger partial charge is 0.254 e. The van der Waals surface area contributed by atoms with Crippen molar-refractivity contribution in [3.8, 4) is 0 Å². The Morgan fingerprint density at radius 1 is 1.05 bits per heavy atom. The summed E-state index contributed by atoms with van der Waals surface area (Å²) in [6, 6.07) is 9.27. The van der Waals surface area contributed by atoms with Gasteiger partial charge in [-0.25, -0.2) is 13.2 Å². The van der Waals surface area contributed by atoms with Crippen molar-refractivity contribution < 1.29 is 23.1 Å². The molecule has 0 heterocycles. The molecular formula is C15H12F3NO2. The maximum atomic E-state index is 13.5. The number of rotatable bonds is 4. The van der Waals surface area contributed by atoms with Gasteiger partial charge in [-0.15, -0.1) is 0 Å². The minimum absolute atomic E-state index is 0.416. The van der Waals surface area contributed by atoms with Crippen LogP contribution < -0.4 is 5.32 Å². The van der Waals surface area contributed by atoms with E-state index in [9.17, 15) is 23.1 Å². The molecule has 110 valence electrons. The number of carbonyl (C=O) groups excluding carboxylic acids is 1. The van der Waals surface area contributed by atoms with E-state index < -0.39 is 41.6 Å². The Bertz CT molecular complexity index is 647. The van der Waals surface area contributed by atoms with Crippen LogP contribution in [0.5, 0.6) is 0 Å². The fourth-order valence-electron chi connectivity index (χ4n) is 1.86. The minimum Gasteiger partial charge on any atom is -0.394 e. The van der Waals surface area contributed by atoms with E-state index in [4.69, 9.17) is 0 Å². The van der Waals surface area contributed by atoms with E-state index >= 15 is 0 Å². The maximum absolute atomic E-state index is 13.5. The van der Waals surface area contributed by atoms with Crippen LogP contribution in [-0.4, -0.2) is 17.6 Å². The van der Waals surface area contributed by atoms with Crippen LogP contribution in [0.1, 0.15) is 22.0 Å². The summed E-state index contributed by atoms with van der Waals surface area (Å²) in [7, 11) is 0. The number of carbonyl (C=O) groups is 1. The molecular weight excluding hydrogens is 283 g/mol. The quantitative estimate of drug-likeness (QED) is 0.852. The first-order valence-corrected chi connectivity index (χ1v) is 6.14. The van der Waals surface area contributed by atoms with E-state index in [1.54, 1.807) is 30.3 Å². The summed E-state index contributed by atoms with van der Waals surface area (Å²) < 4.78 is 39.5. The SMILES string of the molecule is O=C(N[C@H](CO)c1ccccc1)c1ccc(F)c(F)c1F. The molecule has 2 aromatic rings. The van der Waals surface area contributed by atoms with Gasteiger partial charge in [0.2, 0.25) is 0 Å². The van der Waals surface area contributed by atoms with Gasteiger partial charge >= 0.3 is 0 Å². The summed E-state index contributed by atoms with van der Waals surface area (Å²) in [5.74, 6) is -5.57. The van der Waals surface area contributed by atoms with Gasteiger partial charge in [-0.2, -0.15) is 0 Å². The van der Waals surface area contributed by atoms with Crippen LogP contribution in [0.15, 0.2) is 42.5 Å². The van der Waals surface area contributed by atoms with Crippen LogP contribution in [0.4, 0.5) is 13.2 Å². The lowest BCUT2D eigenvalue weighted by Gasteiger charge is -2.17. The lowest BCUT2D eigenvalue weighted by Crippen LogP contribution is -2.31. The number of aliphatic hydroxyl groups excluding tert-OH is 1. The van der Waals surface area contributed by atoms with Gasteiger partial charge in [0.05, 0.1) is 18.2 Å². The fraction of sp³-hybridized carbons (Fsp3) is 0.133. The highest BCUT2D eigenvalue weighted by molar-refractivity contribution is 5.94. The van der Waals surface area contributed by atoms with Gasteiger partial charge < -0.3 is 10.4 Å². The topological polar surface area (TPSA) is 49.3 Å². The average molecular weight is 295 g/mol. The lowest BCUT2D eigenvalue weighted by molar-refractivity contribution is 0.0911. The van der Waals surface area contributed by atoms with Gasteiger partial charge in [0.1, 0.15) is 0 Å². The summed E-state index contributed by atoms with van der Waals surface area (Å²) in [5, 5.41) is 11.7. The van der Waals surface area contributed by atoms with Gasteiger partial charge in [-0.05, 0) is 17.7 Å². The third-order valence-electron chi connectivity index (χ3n) is 2.97. The third-order valence-corrected chi connectivity index (χ3v) is 2.97. The zero-order chi connectivity index (χ0) is 15.4. The zero-order valence-electron chi connectivity index (χ0n) is 10.8. The highest BCUT2D eigenvalue weighted by Gasteiger charge is 2.21. The standard InChI is InChI=1S/C15H12F3NO2/c16-11-7-6-10(13(17)14(11)18)15(21)19-12(8-20)9-4-2-1-3-5-9/h1-7,12,20H,8H2,(H,19,21)/t12-/m1/s1. The maximum Gasteiger partial charge on any atom is 0.254 e. The molecule has 0 fully saturated rings. The van der Waals surface area contributed by atoms with Crippen LogP contribution in [0, 0.1) is 17.5 Å². The third kappa shape index (κ3) is 3.22. The molecule has 0 unspecified atom stereocenters. The molecule has 0 saturated heterocycles. The van der Waals surface area contributed by atoms with E-state index in [-0.39, 0.29) is 0 Å². The Morgan fingerprint density at radius 2 is 1.71 bits per heavy atom. The minimum atomic E-state index is -1.71. The predicted molar refractivity (Wildman–Crippen MR) is 70.1 cm³/mol. The number of hydrogen-bond donors (Lipinski definition) is 2. The average Bonchev–Trinajstić information content (AvgIpc) is 2.51. The zero-order valence-corrected chi connectivity index (χ0v) is 10.8. The molecule has 0 spiro atoms. The molecule has 2 rings (SSSR count). The molecule has 0 saturated carbocycles. The van der Waals surface area contributed by atoms with Crippen LogP contribution in [-0.2, 0) is 0 Å². The highest BCUT2D eigenvalue weighted by atomic mass is 19.2. The van der Waals surface area contributed by atoms with Gasteiger partial charge in [0, 0.05) is 0 Å². The molecule has 0 radical (unpaired) electrons. The summed E-state index contributed by atoms with van der Waals surface area (Å²) in [5.41, 5.74) is -0.0142. The van der Waals surface area contributed by atoms with E-state index in [2.05, 4.69) is 5.32 Å². The van der Waals surface area contributed by atoms with Crippen molar-refractivity contribution in [1.29, 1.82) is 0 Å². The van der Waals surface area contributed by atoms with Gasteiger partial charge in [-0.3, -0.25) is 4.79 Å². The molecule has 3 nitrogen and oxygen atoms in total. The van der Waals surface area contributed by atoms with E-state index in [0.29, 0.717) is 11.6 Å². The van der Waals surface area contributed by atoms with Crippen molar-refractivity contribution in [2.45, 2.75) is 6.04 Å². The molecule has 0 bridgehead atoms. The van der Waals surface area contributed by atoms with Crippen LogP contribution in [0.25, 0.3) is 0 Å². The predicted octanol–water partition coefficient (Wildman–Crippen LogP) is 2.57. The first-order chi connectivity index (χ1) is 10.0. The Balaban J connectivity index is 2.23. The van der Waals surface area contributed by atoms with Crippen molar-refractivity contribution in [1.82, 2.24) is 5.32 Å². The summed E-state index contributed by atoms with van der Waals surface area (Å²) in [6.07, 6.45) is 0. The molecule has 2 aromatic carbocycles. The number of benzene rings is 2. The second-order valence-electron chi connectivity index (χ2n) is 4.34.